The largest absolute Gasteiger partial charge is 0.507 e. The first kappa shape index (κ1) is 11.7. The zero-order valence-electron chi connectivity index (χ0n) is 9.49. The fourth-order valence-electron chi connectivity index (χ4n) is 2.27. The second-order valence-electron chi connectivity index (χ2n) is 4.15. The van der Waals surface area contributed by atoms with Crippen molar-refractivity contribution < 1.29 is 15.1 Å². The monoisotopic (exact) mass is 238 g/mol. The first-order chi connectivity index (χ1) is 8.07. The van der Waals surface area contributed by atoms with Crippen LogP contribution in [0.25, 0.3) is 0 Å². The predicted octanol–water partition coefficient (Wildman–Crippen LogP) is 0.318. The van der Waals surface area contributed by atoms with Crippen molar-refractivity contribution in [2.75, 3.05) is 0 Å². The summed E-state index contributed by atoms with van der Waals surface area (Å²) in [5.74, 6) is -1.31. The highest BCUT2D eigenvalue weighted by molar-refractivity contribution is 5.96. The van der Waals surface area contributed by atoms with Gasteiger partial charge in [-0.1, -0.05) is 0 Å². The van der Waals surface area contributed by atoms with Gasteiger partial charge in [-0.15, -0.1) is 0 Å². The van der Waals surface area contributed by atoms with Crippen molar-refractivity contribution in [3.8, 4) is 5.75 Å². The summed E-state index contributed by atoms with van der Waals surface area (Å²) >= 11 is 0. The maximum atomic E-state index is 12.0. The van der Waals surface area contributed by atoms with Crippen LogP contribution in [0.3, 0.4) is 0 Å². The van der Waals surface area contributed by atoms with E-state index in [1.807, 2.05) is 0 Å². The average molecular weight is 238 g/mol. The van der Waals surface area contributed by atoms with E-state index in [-0.39, 0.29) is 5.75 Å². The standard InChI is InChI=1S/C11H14N2O4/c1-6-7-4-2-3-5-13(7)11(16)8(9(6)14)10(15)12-17/h14,17H,2-5H2,1H3,(H,12,15). The number of carbonyl (C=O) groups is 1. The molecule has 0 aliphatic carbocycles. The molecule has 0 saturated heterocycles. The minimum atomic E-state index is -0.975. The van der Waals surface area contributed by atoms with Crippen LogP contribution in [0.4, 0.5) is 0 Å². The van der Waals surface area contributed by atoms with Gasteiger partial charge in [-0.2, -0.15) is 0 Å². The Morgan fingerprint density at radius 1 is 1.41 bits per heavy atom. The zero-order valence-corrected chi connectivity index (χ0v) is 9.49. The first-order valence-electron chi connectivity index (χ1n) is 5.47. The van der Waals surface area contributed by atoms with Crippen molar-refractivity contribution in [1.82, 2.24) is 10.0 Å². The number of aromatic nitrogens is 1. The van der Waals surface area contributed by atoms with Crippen LogP contribution in [0.2, 0.25) is 0 Å². The van der Waals surface area contributed by atoms with Crippen LogP contribution in [0, 0.1) is 6.92 Å². The van der Waals surface area contributed by atoms with E-state index in [1.165, 1.54) is 10.0 Å². The van der Waals surface area contributed by atoms with Gasteiger partial charge in [0.2, 0.25) is 0 Å². The number of fused-ring (bicyclic) bond motifs is 1. The van der Waals surface area contributed by atoms with Crippen LogP contribution in [0.1, 0.15) is 34.5 Å². The lowest BCUT2D eigenvalue weighted by Gasteiger charge is -2.22. The van der Waals surface area contributed by atoms with Crippen LogP contribution >= 0.6 is 0 Å². The zero-order chi connectivity index (χ0) is 12.6. The highest BCUT2D eigenvalue weighted by Crippen LogP contribution is 2.26. The Bertz CT molecular complexity index is 533. The lowest BCUT2D eigenvalue weighted by molar-refractivity contribution is 0.0700. The highest BCUT2D eigenvalue weighted by Gasteiger charge is 2.24. The molecule has 1 aliphatic heterocycles. The molecule has 1 aromatic rings. The van der Waals surface area contributed by atoms with E-state index in [9.17, 15) is 14.7 Å². The molecule has 0 unspecified atom stereocenters. The third-order valence-electron chi connectivity index (χ3n) is 3.18. The smallest absolute Gasteiger partial charge is 0.284 e. The lowest BCUT2D eigenvalue weighted by Crippen LogP contribution is -2.35. The molecule has 1 aliphatic rings. The number of nitrogens with one attached hydrogen (secondary N) is 1. The third-order valence-corrected chi connectivity index (χ3v) is 3.18. The minimum Gasteiger partial charge on any atom is -0.507 e. The maximum Gasteiger partial charge on any atom is 0.284 e. The Labute approximate surface area is 97.5 Å². The van der Waals surface area contributed by atoms with E-state index < -0.39 is 17.0 Å². The van der Waals surface area contributed by atoms with Gasteiger partial charge in [0.15, 0.2) is 0 Å². The number of carbonyl (C=O) groups excluding carboxylic acids is 1. The minimum absolute atomic E-state index is 0.338. The molecule has 0 atom stereocenters. The summed E-state index contributed by atoms with van der Waals surface area (Å²) in [5, 5.41) is 18.4. The molecule has 0 aromatic carbocycles. The number of amides is 1. The molecule has 0 bridgehead atoms. The van der Waals surface area contributed by atoms with Gasteiger partial charge in [0.05, 0.1) is 0 Å². The molecule has 1 amide bonds. The predicted molar refractivity (Wildman–Crippen MR) is 59.3 cm³/mol. The quantitative estimate of drug-likeness (QED) is 0.485. The number of rotatable bonds is 1. The Morgan fingerprint density at radius 3 is 2.76 bits per heavy atom. The van der Waals surface area contributed by atoms with Gasteiger partial charge in [-0.25, -0.2) is 5.48 Å². The summed E-state index contributed by atoms with van der Waals surface area (Å²) in [6.45, 7) is 2.21. The number of nitrogens with zero attached hydrogens (tertiary/aromatic N) is 1. The molecule has 0 fully saturated rings. The molecule has 6 heteroatoms. The Hall–Kier alpha value is -1.82. The van der Waals surface area contributed by atoms with E-state index in [0.29, 0.717) is 12.1 Å². The molecule has 17 heavy (non-hydrogen) atoms. The second-order valence-corrected chi connectivity index (χ2v) is 4.15. The van der Waals surface area contributed by atoms with Crippen molar-refractivity contribution >= 4 is 5.91 Å². The average Bonchev–Trinajstić information content (AvgIpc) is 2.36. The SMILES string of the molecule is Cc1c(O)c(C(=O)NO)c(=O)n2c1CCCC2. The van der Waals surface area contributed by atoms with E-state index in [0.717, 1.165) is 25.0 Å². The van der Waals surface area contributed by atoms with Crippen molar-refractivity contribution in [1.29, 1.82) is 0 Å². The summed E-state index contributed by atoms with van der Waals surface area (Å²) in [7, 11) is 0. The number of pyridine rings is 1. The van der Waals surface area contributed by atoms with Gasteiger partial charge in [-0.3, -0.25) is 14.8 Å². The van der Waals surface area contributed by atoms with Crippen LogP contribution in [-0.4, -0.2) is 20.8 Å². The van der Waals surface area contributed by atoms with E-state index in [1.54, 1.807) is 6.92 Å². The normalized spacial score (nSPS) is 14.2. The van der Waals surface area contributed by atoms with Gasteiger partial charge in [-0.05, 0) is 26.2 Å². The number of hydroxylamine groups is 1. The number of hydrogen-bond donors (Lipinski definition) is 3. The fraction of sp³-hybridized carbons (Fsp3) is 0.455. The Morgan fingerprint density at radius 2 is 2.12 bits per heavy atom. The molecule has 2 heterocycles. The van der Waals surface area contributed by atoms with Gasteiger partial charge in [0, 0.05) is 17.8 Å². The van der Waals surface area contributed by atoms with E-state index >= 15 is 0 Å². The summed E-state index contributed by atoms with van der Waals surface area (Å²) < 4.78 is 1.50. The Kier molecular flexibility index (Phi) is 2.89. The summed E-state index contributed by atoms with van der Waals surface area (Å²) in [4.78, 5) is 23.4. The second kappa shape index (κ2) is 4.21. The molecule has 1 aromatic heterocycles. The molecule has 0 saturated carbocycles. The van der Waals surface area contributed by atoms with Crippen molar-refractivity contribution in [2.45, 2.75) is 32.7 Å². The number of hydrogen-bond acceptors (Lipinski definition) is 4. The molecule has 0 spiro atoms. The van der Waals surface area contributed by atoms with Gasteiger partial charge in [0.25, 0.3) is 11.5 Å². The molecule has 0 radical (unpaired) electrons. The topological polar surface area (TPSA) is 91.6 Å². The Balaban J connectivity index is 2.74. The summed E-state index contributed by atoms with van der Waals surface area (Å²) in [6, 6.07) is 0. The summed E-state index contributed by atoms with van der Waals surface area (Å²) in [6.07, 6.45) is 2.55. The van der Waals surface area contributed by atoms with E-state index in [2.05, 4.69) is 0 Å². The molecule has 6 nitrogen and oxygen atoms in total. The first-order valence-corrected chi connectivity index (χ1v) is 5.47. The van der Waals surface area contributed by atoms with E-state index in [4.69, 9.17) is 5.21 Å². The van der Waals surface area contributed by atoms with Crippen LogP contribution in [0.5, 0.6) is 5.75 Å². The van der Waals surface area contributed by atoms with Crippen molar-refractivity contribution in [3.05, 3.63) is 27.2 Å². The van der Waals surface area contributed by atoms with Crippen LogP contribution in [-0.2, 0) is 13.0 Å². The van der Waals surface area contributed by atoms with Gasteiger partial charge < -0.3 is 9.67 Å². The highest BCUT2D eigenvalue weighted by atomic mass is 16.5. The van der Waals surface area contributed by atoms with Gasteiger partial charge in [0.1, 0.15) is 11.3 Å². The molecular formula is C11H14N2O4. The van der Waals surface area contributed by atoms with Crippen molar-refractivity contribution in [3.63, 3.8) is 0 Å². The fourth-order valence-corrected chi connectivity index (χ4v) is 2.27. The lowest BCUT2D eigenvalue weighted by atomic mass is 10.0. The van der Waals surface area contributed by atoms with Gasteiger partial charge >= 0.3 is 0 Å². The van der Waals surface area contributed by atoms with Crippen LogP contribution in [0.15, 0.2) is 4.79 Å². The molecule has 3 N–H and O–H groups in total. The third kappa shape index (κ3) is 1.70. The molecule has 2 rings (SSSR count). The van der Waals surface area contributed by atoms with Crippen LogP contribution < -0.4 is 11.0 Å². The summed E-state index contributed by atoms with van der Waals surface area (Å²) in [5.41, 5.74) is 1.75. The molecule has 92 valence electrons. The maximum absolute atomic E-state index is 12.0. The molecular weight excluding hydrogens is 224 g/mol. The van der Waals surface area contributed by atoms with Crippen molar-refractivity contribution in [2.24, 2.45) is 0 Å². The number of aromatic hydroxyl groups is 1.